The molecule has 108 valence electrons. The van der Waals surface area contributed by atoms with Crippen LogP contribution in [0.5, 0.6) is 0 Å². The Morgan fingerprint density at radius 2 is 2.15 bits per heavy atom. The van der Waals surface area contributed by atoms with Crippen LogP contribution in [-0.4, -0.2) is 21.2 Å². The maximum absolute atomic E-state index is 11.8. The van der Waals surface area contributed by atoms with Crippen LogP contribution < -0.4 is 5.32 Å². The molecule has 2 aromatic heterocycles. The summed E-state index contributed by atoms with van der Waals surface area (Å²) in [4.78, 5) is 15.9. The van der Waals surface area contributed by atoms with Gasteiger partial charge in [-0.2, -0.15) is 0 Å². The van der Waals surface area contributed by atoms with Crippen LogP contribution in [0.1, 0.15) is 39.5 Å². The first-order valence-corrected chi connectivity index (χ1v) is 6.66. The number of aromatic nitrogens is 2. The number of carbonyl (C=O) groups excluding carboxylic acids is 1. The zero-order valence-corrected chi connectivity index (χ0v) is 12.6. The smallest absolute Gasteiger partial charge is 0.408 e. The Kier molecular flexibility index (Phi) is 3.70. The lowest BCUT2D eigenvalue weighted by molar-refractivity contribution is 0.0969. The number of nitrogens with zero attached hydrogens (tertiary/aromatic N) is 2. The number of hydrogen-bond acceptors (Lipinski definition) is 3. The molecule has 0 fully saturated rings. The van der Waals surface area contributed by atoms with Gasteiger partial charge < -0.3 is 14.6 Å². The minimum atomic E-state index is -0.409. The summed E-state index contributed by atoms with van der Waals surface area (Å²) >= 11 is 0. The maximum atomic E-state index is 11.8. The molecule has 1 atom stereocenters. The Hall–Kier alpha value is -2.04. The summed E-state index contributed by atoms with van der Waals surface area (Å²) in [5.41, 5.74) is 1.71. The van der Waals surface area contributed by atoms with Crippen molar-refractivity contribution in [3.63, 3.8) is 0 Å². The number of amides is 1. The Morgan fingerprint density at radius 1 is 1.45 bits per heavy atom. The summed E-state index contributed by atoms with van der Waals surface area (Å²) in [7, 11) is 1.96. The summed E-state index contributed by atoms with van der Waals surface area (Å²) in [6, 6.07) is 3.94. The first-order valence-electron chi connectivity index (χ1n) is 6.66. The monoisotopic (exact) mass is 275 g/mol. The van der Waals surface area contributed by atoms with Crippen molar-refractivity contribution in [2.24, 2.45) is 7.05 Å². The third-order valence-electron chi connectivity index (χ3n) is 3.06. The number of ether oxygens (including phenoxy) is 1. The molecule has 1 amide bonds. The summed E-state index contributed by atoms with van der Waals surface area (Å²) in [6.45, 7) is 7.62. The number of carbonyl (C=O) groups is 1. The van der Waals surface area contributed by atoms with Crippen molar-refractivity contribution in [1.82, 2.24) is 14.9 Å². The standard InChI is InChI=1S/C15H21N3O2/c1-10(20-14(19)17-15(2,3)4)13-8-11-9-16-7-6-12(11)18(13)5/h6-10H,1-5H3,(H,17,19). The molecule has 0 aromatic carbocycles. The SMILES string of the molecule is CC(OC(=O)NC(C)(C)C)c1cc2cnccc2n1C. The second-order valence-corrected chi connectivity index (χ2v) is 5.99. The van der Waals surface area contributed by atoms with Crippen molar-refractivity contribution in [3.8, 4) is 0 Å². The highest BCUT2D eigenvalue weighted by Crippen LogP contribution is 2.24. The Bertz CT molecular complexity index is 626. The number of nitrogens with one attached hydrogen (secondary N) is 1. The van der Waals surface area contributed by atoms with Gasteiger partial charge in [-0.3, -0.25) is 4.98 Å². The molecule has 5 heteroatoms. The summed E-state index contributed by atoms with van der Waals surface area (Å²) < 4.78 is 7.45. The van der Waals surface area contributed by atoms with E-state index in [1.165, 1.54) is 0 Å². The molecule has 0 saturated carbocycles. The van der Waals surface area contributed by atoms with Crippen LogP contribution in [0.2, 0.25) is 0 Å². The van der Waals surface area contributed by atoms with Crippen LogP contribution in [0.4, 0.5) is 4.79 Å². The number of pyridine rings is 1. The van der Waals surface area contributed by atoms with Gasteiger partial charge in [-0.05, 0) is 39.8 Å². The van der Waals surface area contributed by atoms with Crippen LogP contribution >= 0.6 is 0 Å². The first-order chi connectivity index (χ1) is 9.28. The van der Waals surface area contributed by atoms with Crippen molar-refractivity contribution in [1.29, 1.82) is 0 Å². The third kappa shape index (κ3) is 3.10. The largest absolute Gasteiger partial charge is 0.440 e. The van der Waals surface area contributed by atoms with Gasteiger partial charge in [0.2, 0.25) is 0 Å². The van der Waals surface area contributed by atoms with Gasteiger partial charge in [0, 0.05) is 30.4 Å². The molecule has 5 nitrogen and oxygen atoms in total. The molecule has 0 aliphatic heterocycles. The van der Waals surface area contributed by atoms with Gasteiger partial charge in [-0.1, -0.05) is 0 Å². The molecule has 0 radical (unpaired) electrons. The molecule has 1 unspecified atom stereocenters. The summed E-state index contributed by atoms with van der Waals surface area (Å²) in [5, 5.41) is 3.83. The van der Waals surface area contributed by atoms with Crippen molar-refractivity contribution >= 4 is 17.0 Å². The minimum absolute atomic E-state index is 0.306. The number of alkyl carbamates (subject to hydrolysis) is 1. The van der Waals surface area contributed by atoms with Crippen molar-refractivity contribution in [2.75, 3.05) is 0 Å². The normalized spacial score (nSPS) is 13.2. The Labute approximate surface area is 118 Å². The van der Waals surface area contributed by atoms with Gasteiger partial charge in [0.1, 0.15) is 6.10 Å². The second-order valence-electron chi connectivity index (χ2n) is 5.99. The predicted molar refractivity (Wildman–Crippen MR) is 78.5 cm³/mol. The molecule has 0 aliphatic rings. The maximum Gasteiger partial charge on any atom is 0.408 e. The molecule has 0 aliphatic carbocycles. The van der Waals surface area contributed by atoms with E-state index in [0.717, 1.165) is 16.6 Å². The van der Waals surface area contributed by atoms with E-state index in [9.17, 15) is 4.79 Å². The Morgan fingerprint density at radius 3 is 2.75 bits per heavy atom. The zero-order chi connectivity index (χ0) is 14.9. The third-order valence-corrected chi connectivity index (χ3v) is 3.06. The van der Waals surface area contributed by atoms with Gasteiger partial charge >= 0.3 is 6.09 Å². The van der Waals surface area contributed by atoms with Gasteiger partial charge in [-0.25, -0.2) is 4.79 Å². The number of aryl methyl sites for hydroxylation is 1. The van der Waals surface area contributed by atoms with Gasteiger partial charge in [-0.15, -0.1) is 0 Å². The van der Waals surface area contributed by atoms with E-state index in [-0.39, 0.29) is 11.6 Å². The topological polar surface area (TPSA) is 56.1 Å². The van der Waals surface area contributed by atoms with Crippen LogP contribution in [0.25, 0.3) is 10.9 Å². The molecule has 2 heterocycles. The second kappa shape index (κ2) is 5.15. The highest BCUT2D eigenvalue weighted by Gasteiger charge is 2.20. The highest BCUT2D eigenvalue weighted by atomic mass is 16.6. The van der Waals surface area contributed by atoms with Crippen LogP contribution in [0, 0.1) is 0 Å². The molecule has 0 spiro atoms. The number of fused-ring (bicyclic) bond motifs is 1. The van der Waals surface area contributed by atoms with Crippen molar-refractivity contribution < 1.29 is 9.53 Å². The average molecular weight is 275 g/mol. The minimum Gasteiger partial charge on any atom is -0.440 e. The fourth-order valence-corrected chi connectivity index (χ4v) is 2.16. The van der Waals surface area contributed by atoms with Gasteiger partial charge in [0.25, 0.3) is 0 Å². The van der Waals surface area contributed by atoms with Crippen LogP contribution in [0.3, 0.4) is 0 Å². The van der Waals surface area contributed by atoms with E-state index in [1.54, 1.807) is 12.4 Å². The summed E-state index contributed by atoms with van der Waals surface area (Å²) in [6.07, 6.45) is 2.83. The summed E-state index contributed by atoms with van der Waals surface area (Å²) in [5.74, 6) is 0. The average Bonchev–Trinajstić information content (AvgIpc) is 2.65. The molecule has 0 saturated heterocycles. The fourth-order valence-electron chi connectivity index (χ4n) is 2.16. The van der Waals surface area contributed by atoms with E-state index in [4.69, 9.17) is 4.74 Å². The van der Waals surface area contributed by atoms with E-state index >= 15 is 0 Å². The molecular weight excluding hydrogens is 254 g/mol. The van der Waals surface area contributed by atoms with E-state index in [1.807, 2.05) is 51.4 Å². The first kappa shape index (κ1) is 14.4. The van der Waals surface area contributed by atoms with E-state index in [2.05, 4.69) is 10.3 Å². The lowest BCUT2D eigenvalue weighted by atomic mass is 10.1. The number of hydrogen-bond donors (Lipinski definition) is 1. The quantitative estimate of drug-likeness (QED) is 0.916. The van der Waals surface area contributed by atoms with Gasteiger partial charge in [0.05, 0.1) is 11.2 Å². The molecular formula is C15H21N3O2. The van der Waals surface area contributed by atoms with Gasteiger partial charge in [0.15, 0.2) is 0 Å². The van der Waals surface area contributed by atoms with E-state index in [0.29, 0.717) is 0 Å². The van der Waals surface area contributed by atoms with Crippen LogP contribution in [-0.2, 0) is 11.8 Å². The lowest BCUT2D eigenvalue weighted by Gasteiger charge is -2.22. The van der Waals surface area contributed by atoms with Crippen molar-refractivity contribution in [3.05, 3.63) is 30.2 Å². The molecule has 2 aromatic rings. The van der Waals surface area contributed by atoms with E-state index < -0.39 is 6.09 Å². The zero-order valence-electron chi connectivity index (χ0n) is 12.6. The lowest BCUT2D eigenvalue weighted by Crippen LogP contribution is -2.41. The highest BCUT2D eigenvalue weighted by molar-refractivity contribution is 5.80. The fraction of sp³-hybridized carbons (Fsp3) is 0.467. The molecule has 1 N–H and O–H groups in total. The number of rotatable bonds is 2. The van der Waals surface area contributed by atoms with Crippen molar-refractivity contribution in [2.45, 2.75) is 39.3 Å². The predicted octanol–water partition coefficient (Wildman–Crippen LogP) is 3.16. The molecule has 20 heavy (non-hydrogen) atoms. The Balaban J connectivity index is 2.17. The molecule has 2 rings (SSSR count). The molecule has 0 bridgehead atoms. The van der Waals surface area contributed by atoms with Crippen LogP contribution in [0.15, 0.2) is 24.5 Å².